The molecule has 4 heteroatoms. The lowest BCUT2D eigenvalue weighted by Crippen LogP contribution is -2.61. The maximum absolute atomic E-state index is 12.6. The summed E-state index contributed by atoms with van der Waals surface area (Å²) in [4.78, 5) is 14.7. The fourth-order valence-corrected chi connectivity index (χ4v) is 5.59. The van der Waals surface area contributed by atoms with Crippen LogP contribution in [-0.2, 0) is 22.3 Å². The van der Waals surface area contributed by atoms with Gasteiger partial charge in [-0.15, -0.1) is 11.3 Å². The highest BCUT2D eigenvalue weighted by molar-refractivity contribution is 7.14. The molecule has 2 aliphatic carbocycles. The van der Waals surface area contributed by atoms with Gasteiger partial charge < -0.3 is 9.47 Å². The first kappa shape index (κ1) is 14.7. The van der Waals surface area contributed by atoms with E-state index in [-0.39, 0.29) is 23.6 Å². The highest BCUT2D eigenvalue weighted by Crippen LogP contribution is 2.54. The van der Waals surface area contributed by atoms with Gasteiger partial charge in [0.25, 0.3) is 0 Å². The molecule has 0 spiro atoms. The highest BCUT2D eigenvalue weighted by Gasteiger charge is 2.61. The Morgan fingerprint density at radius 2 is 2.23 bits per heavy atom. The molecule has 0 N–H and O–H groups in total. The molecule has 3 nitrogen and oxygen atoms in total. The summed E-state index contributed by atoms with van der Waals surface area (Å²) in [5, 5.41) is 0. The molecular weight excluding hydrogens is 296 g/mol. The summed E-state index contributed by atoms with van der Waals surface area (Å²) in [6.07, 6.45) is 4.74. The fourth-order valence-electron chi connectivity index (χ4n) is 4.50. The molecule has 2 heterocycles. The first-order valence-corrected chi connectivity index (χ1v) is 9.22. The van der Waals surface area contributed by atoms with Crippen molar-refractivity contribution in [2.45, 2.75) is 58.7 Å². The van der Waals surface area contributed by atoms with E-state index in [9.17, 15) is 4.79 Å². The van der Waals surface area contributed by atoms with Crippen molar-refractivity contribution < 1.29 is 14.3 Å². The minimum atomic E-state index is -0.129. The number of carbonyl (C=O) groups is 1. The summed E-state index contributed by atoms with van der Waals surface area (Å²) in [5.74, 6) is 0.997. The van der Waals surface area contributed by atoms with Crippen molar-refractivity contribution in [3.05, 3.63) is 21.4 Å². The fraction of sp³-hybridized carbons (Fsp3) is 0.722. The van der Waals surface area contributed by atoms with Gasteiger partial charge in [-0.3, -0.25) is 0 Å². The molecule has 4 rings (SSSR count). The zero-order valence-electron chi connectivity index (χ0n) is 13.6. The standard InChI is InChI=1S/C18H24O3S/c1-10-4-5-13-11(8-10)9-14(22-13)17(19)21-16-12-6-7-20-15(12)18(16,2)3/h9-10,12,15-16H,4-8H2,1-3H3/t10-,12+,15+,16-/m1/s1. The smallest absolute Gasteiger partial charge is 0.348 e. The molecule has 1 aliphatic heterocycles. The number of ether oxygens (including phenoxy) is 2. The van der Waals surface area contributed by atoms with Crippen molar-refractivity contribution in [3.8, 4) is 0 Å². The summed E-state index contributed by atoms with van der Waals surface area (Å²) < 4.78 is 11.7. The van der Waals surface area contributed by atoms with Gasteiger partial charge in [-0.1, -0.05) is 20.8 Å². The van der Waals surface area contributed by atoms with Crippen LogP contribution in [0.25, 0.3) is 0 Å². The van der Waals surface area contributed by atoms with E-state index in [0.29, 0.717) is 5.92 Å². The number of fused-ring (bicyclic) bond motifs is 2. The molecule has 1 aromatic heterocycles. The van der Waals surface area contributed by atoms with E-state index >= 15 is 0 Å². The third-order valence-corrected chi connectivity index (χ3v) is 6.97. The lowest BCUT2D eigenvalue weighted by Gasteiger charge is -2.53. The first-order valence-electron chi connectivity index (χ1n) is 8.41. The Kier molecular flexibility index (Phi) is 3.39. The summed E-state index contributed by atoms with van der Waals surface area (Å²) in [7, 11) is 0. The number of esters is 1. The van der Waals surface area contributed by atoms with E-state index in [4.69, 9.17) is 9.47 Å². The van der Waals surface area contributed by atoms with Crippen molar-refractivity contribution in [2.75, 3.05) is 6.61 Å². The van der Waals surface area contributed by atoms with Crippen LogP contribution in [0.4, 0.5) is 0 Å². The summed E-state index contributed by atoms with van der Waals surface area (Å²) in [6, 6.07) is 2.08. The number of carbonyl (C=O) groups excluding carboxylic acids is 1. The Hall–Kier alpha value is -0.870. The van der Waals surface area contributed by atoms with E-state index in [2.05, 4.69) is 26.8 Å². The quantitative estimate of drug-likeness (QED) is 0.777. The molecule has 1 aromatic rings. The monoisotopic (exact) mass is 320 g/mol. The largest absolute Gasteiger partial charge is 0.457 e. The normalized spacial score (nSPS) is 35.4. The Morgan fingerprint density at radius 1 is 1.41 bits per heavy atom. The predicted octanol–water partition coefficient (Wildman–Crippen LogP) is 3.84. The van der Waals surface area contributed by atoms with Gasteiger partial charge in [0.1, 0.15) is 11.0 Å². The highest BCUT2D eigenvalue weighted by atomic mass is 32.1. The predicted molar refractivity (Wildman–Crippen MR) is 86.3 cm³/mol. The topological polar surface area (TPSA) is 35.5 Å². The van der Waals surface area contributed by atoms with Gasteiger partial charge in [-0.25, -0.2) is 4.79 Å². The molecule has 0 bridgehead atoms. The molecule has 22 heavy (non-hydrogen) atoms. The molecule has 1 saturated heterocycles. The second kappa shape index (κ2) is 5.07. The average Bonchev–Trinajstić information content (AvgIpc) is 3.09. The zero-order valence-corrected chi connectivity index (χ0v) is 14.4. The van der Waals surface area contributed by atoms with Crippen LogP contribution in [0.5, 0.6) is 0 Å². The molecule has 0 aromatic carbocycles. The number of thiophene rings is 1. The number of hydrogen-bond donors (Lipinski definition) is 0. The SMILES string of the molecule is C[C@@H]1CCc2sc(C(=O)O[C@@H]3[C@H]4CCO[C@@H]4C3(C)C)cc2C1. The van der Waals surface area contributed by atoms with Gasteiger partial charge in [-0.05, 0) is 43.2 Å². The minimum absolute atomic E-state index is 0.00514. The van der Waals surface area contributed by atoms with E-state index in [1.165, 1.54) is 16.9 Å². The second-order valence-electron chi connectivity index (χ2n) is 7.80. The second-order valence-corrected chi connectivity index (χ2v) is 8.93. The molecule has 1 saturated carbocycles. The summed E-state index contributed by atoms with van der Waals surface area (Å²) in [6.45, 7) is 7.39. The molecule has 0 radical (unpaired) electrons. The maximum Gasteiger partial charge on any atom is 0.348 e. The zero-order chi connectivity index (χ0) is 15.5. The lowest BCUT2D eigenvalue weighted by atomic mass is 9.59. The van der Waals surface area contributed by atoms with Crippen LogP contribution in [0.2, 0.25) is 0 Å². The Bertz CT molecular complexity index is 603. The van der Waals surface area contributed by atoms with E-state index < -0.39 is 0 Å². The van der Waals surface area contributed by atoms with E-state index in [0.717, 1.165) is 36.7 Å². The first-order chi connectivity index (χ1) is 10.5. The van der Waals surface area contributed by atoms with E-state index in [1.54, 1.807) is 11.3 Å². The Morgan fingerprint density at radius 3 is 3.05 bits per heavy atom. The van der Waals surface area contributed by atoms with Crippen LogP contribution in [0, 0.1) is 17.3 Å². The molecule has 3 aliphatic rings. The van der Waals surface area contributed by atoms with Gasteiger partial charge >= 0.3 is 5.97 Å². The molecule has 2 fully saturated rings. The molecule has 120 valence electrons. The van der Waals surface area contributed by atoms with E-state index in [1.807, 2.05) is 0 Å². The number of rotatable bonds is 2. The third kappa shape index (κ3) is 2.15. The van der Waals surface area contributed by atoms with Gasteiger partial charge in [0.2, 0.25) is 0 Å². The van der Waals surface area contributed by atoms with Gasteiger partial charge in [0, 0.05) is 22.8 Å². The van der Waals surface area contributed by atoms with Gasteiger partial charge in [0.05, 0.1) is 6.10 Å². The number of aryl methyl sites for hydroxylation is 1. The third-order valence-electron chi connectivity index (χ3n) is 5.76. The van der Waals surface area contributed by atoms with Crippen LogP contribution in [-0.4, -0.2) is 24.8 Å². The van der Waals surface area contributed by atoms with Crippen LogP contribution in [0.1, 0.15) is 53.7 Å². The summed E-state index contributed by atoms with van der Waals surface area (Å²) >= 11 is 1.64. The molecule has 0 unspecified atom stereocenters. The molecule has 0 amide bonds. The van der Waals surface area contributed by atoms with Crippen molar-refractivity contribution in [1.29, 1.82) is 0 Å². The average molecular weight is 320 g/mol. The van der Waals surface area contributed by atoms with Crippen LogP contribution < -0.4 is 0 Å². The molecule has 4 atom stereocenters. The maximum atomic E-state index is 12.6. The Labute approximate surface area is 136 Å². The minimum Gasteiger partial charge on any atom is -0.457 e. The van der Waals surface area contributed by atoms with Crippen LogP contribution in [0.3, 0.4) is 0 Å². The van der Waals surface area contributed by atoms with Crippen LogP contribution >= 0.6 is 11.3 Å². The van der Waals surface area contributed by atoms with Gasteiger partial charge in [-0.2, -0.15) is 0 Å². The number of hydrogen-bond acceptors (Lipinski definition) is 4. The van der Waals surface area contributed by atoms with Crippen LogP contribution in [0.15, 0.2) is 6.07 Å². The Balaban J connectivity index is 1.49. The van der Waals surface area contributed by atoms with Gasteiger partial charge in [0.15, 0.2) is 0 Å². The lowest BCUT2D eigenvalue weighted by molar-refractivity contribution is -0.183. The molecular formula is C18H24O3S. The van der Waals surface area contributed by atoms with Crippen molar-refractivity contribution in [2.24, 2.45) is 17.3 Å². The summed E-state index contributed by atoms with van der Waals surface area (Å²) in [5.41, 5.74) is 1.31. The van der Waals surface area contributed by atoms with Crippen molar-refractivity contribution in [1.82, 2.24) is 0 Å². The van der Waals surface area contributed by atoms with Crippen molar-refractivity contribution >= 4 is 17.3 Å². The van der Waals surface area contributed by atoms with Crippen molar-refractivity contribution in [3.63, 3.8) is 0 Å².